The van der Waals surface area contributed by atoms with Crippen LogP contribution in [0.2, 0.25) is 0 Å². The van der Waals surface area contributed by atoms with Crippen molar-refractivity contribution in [2.24, 2.45) is 5.90 Å². The molecule has 0 aliphatic rings. The highest BCUT2D eigenvalue weighted by Crippen LogP contribution is 2.09. The fourth-order valence-electron chi connectivity index (χ4n) is 2.45. The lowest BCUT2D eigenvalue weighted by molar-refractivity contribution is -0.113. The van der Waals surface area contributed by atoms with E-state index in [1.54, 1.807) is 0 Å². The van der Waals surface area contributed by atoms with E-state index in [9.17, 15) is 9.59 Å². The fraction of sp³-hybridized carbons (Fsp3) is 0.700. The molecule has 5 nitrogen and oxygen atoms in total. The van der Waals surface area contributed by atoms with Crippen LogP contribution in [0.1, 0.15) is 84.0 Å². The van der Waals surface area contributed by atoms with Crippen LogP contribution >= 0.6 is 0 Å². The second kappa shape index (κ2) is 18.7. The number of nitrogens with one attached hydrogen (secondary N) is 1. The molecule has 0 aromatic carbocycles. The van der Waals surface area contributed by atoms with E-state index in [4.69, 9.17) is 0 Å². The maximum absolute atomic E-state index is 11.4. The summed E-state index contributed by atoms with van der Waals surface area (Å²) < 4.78 is 0. The van der Waals surface area contributed by atoms with E-state index in [1.807, 2.05) is 6.08 Å². The Morgan fingerprint density at radius 1 is 0.840 bits per heavy atom. The van der Waals surface area contributed by atoms with Gasteiger partial charge in [-0.1, -0.05) is 63.7 Å². The van der Waals surface area contributed by atoms with Crippen LogP contribution in [0.25, 0.3) is 0 Å². The Balaban J connectivity index is 3.32. The number of allylic oxidation sites excluding steroid dienone is 3. The maximum Gasteiger partial charge on any atom is 0.426 e. The van der Waals surface area contributed by atoms with E-state index in [-0.39, 0.29) is 12.3 Å². The Kier molecular flexibility index (Phi) is 17.5. The first kappa shape index (κ1) is 23.4. The summed E-state index contributed by atoms with van der Waals surface area (Å²) in [6.07, 6.45) is 22.0. The molecule has 0 heterocycles. The van der Waals surface area contributed by atoms with Gasteiger partial charge in [-0.25, -0.2) is 4.79 Å². The zero-order chi connectivity index (χ0) is 18.6. The molecule has 0 aliphatic heterocycles. The fourth-order valence-corrected chi connectivity index (χ4v) is 2.45. The highest BCUT2D eigenvalue weighted by molar-refractivity contribution is 5.93. The summed E-state index contributed by atoms with van der Waals surface area (Å²) in [6, 6.07) is 0. The Labute approximate surface area is 153 Å². The molecule has 0 aliphatic carbocycles. The summed E-state index contributed by atoms with van der Waals surface area (Å²) >= 11 is 0. The molecule has 0 saturated heterocycles. The third-order valence-electron chi connectivity index (χ3n) is 3.95. The summed E-state index contributed by atoms with van der Waals surface area (Å²) in [5.74, 6) is 4.49. The lowest BCUT2D eigenvalue weighted by Gasteiger charge is -1.99. The average Bonchev–Trinajstić information content (AvgIpc) is 2.62. The highest BCUT2D eigenvalue weighted by atomic mass is 16.7. The van der Waals surface area contributed by atoms with Crippen molar-refractivity contribution in [3.8, 4) is 0 Å². The molecular formula is C20H36N2O3. The van der Waals surface area contributed by atoms with Crippen molar-refractivity contribution >= 4 is 11.9 Å². The molecule has 0 aromatic heterocycles. The van der Waals surface area contributed by atoms with Gasteiger partial charge in [0.25, 0.3) is 0 Å². The Morgan fingerprint density at radius 2 is 1.36 bits per heavy atom. The van der Waals surface area contributed by atoms with E-state index in [1.165, 1.54) is 70.3 Å². The maximum atomic E-state index is 11.4. The third kappa shape index (κ3) is 18.6. The molecule has 25 heavy (non-hydrogen) atoms. The van der Waals surface area contributed by atoms with E-state index in [2.05, 4.69) is 35.1 Å². The molecule has 0 spiro atoms. The highest BCUT2D eigenvalue weighted by Gasteiger charge is 2.01. The zero-order valence-corrected chi connectivity index (χ0v) is 15.8. The Morgan fingerprint density at radius 3 is 1.92 bits per heavy atom. The van der Waals surface area contributed by atoms with Crippen molar-refractivity contribution in [2.45, 2.75) is 84.0 Å². The van der Waals surface area contributed by atoms with Crippen LogP contribution in [-0.2, 0) is 9.63 Å². The van der Waals surface area contributed by atoms with Crippen molar-refractivity contribution in [1.82, 2.24) is 5.32 Å². The van der Waals surface area contributed by atoms with Crippen LogP contribution in [-0.4, -0.2) is 18.4 Å². The van der Waals surface area contributed by atoms with Crippen molar-refractivity contribution in [3.63, 3.8) is 0 Å². The van der Waals surface area contributed by atoms with Crippen LogP contribution in [0.15, 0.2) is 24.3 Å². The van der Waals surface area contributed by atoms with Gasteiger partial charge in [0.1, 0.15) is 0 Å². The molecule has 0 atom stereocenters. The third-order valence-corrected chi connectivity index (χ3v) is 3.95. The molecular weight excluding hydrogens is 316 g/mol. The largest absolute Gasteiger partial charge is 0.426 e. The lowest BCUT2D eigenvalue weighted by Crippen LogP contribution is -2.30. The summed E-state index contributed by atoms with van der Waals surface area (Å²) in [6.45, 7) is 2.16. The number of hydrogen-bond acceptors (Lipinski definition) is 4. The SMILES string of the molecule is CCCCCC/C=C\CCCCCCC/C=C/C(=O)CNC(=O)ON. The number of unbranched alkanes of at least 4 members (excludes halogenated alkanes) is 10. The van der Waals surface area contributed by atoms with Crippen LogP contribution in [0.3, 0.4) is 0 Å². The molecule has 0 saturated carbocycles. The lowest BCUT2D eigenvalue weighted by atomic mass is 10.1. The first-order valence-corrected chi connectivity index (χ1v) is 9.69. The van der Waals surface area contributed by atoms with Gasteiger partial charge in [-0.2, -0.15) is 5.90 Å². The number of ketones is 1. The van der Waals surface area contributed by atoms with Crippen molar-refractivity contribution in [1.29, 1.82) is 0 Å². The number of hydrogen-bond donors (Lipinski definition) is 2. The number of amides is 1. The quantitative estimate of drug-likeness (QED) is 0.178. The summed E-state index contributed by atoms with van der Waals surface area (Å²) in [5.41, 5.74) is 0. The standard InChI is InChI=1S/C20H36N2O3/c1-2-3-4-5-6-7-8-9-10-11-12-13-14-15-16-17-19(23)18-22-20(24)25-21/h7-8,16-17H,2-6,9-15,18,21H2,1H3,(H,22,24)/b8-7-,17-16+. The molecule has 144 valence electrons. The topological polar surface area (TPSA) is 81.4 Å². The zero-order valence-electron chi connectivity index (χ0n) is 15.8. The smallest absolute Gasteiger partial charge is 0.357 e. The van der Waals surface area contributed by atoms with Gasteiger partial charge in [-0.3, -0.25) is 4.79 Å². The van der Waals surface area contributed by atoms with Crippen LogP contribution in [0.5, 0.6) is 0 Å². The van der Waals surface area contributed by atoms with E-state index in [0.29, 0.717) is 0 Å². The molecule has 3 N–H and O–H groups in total. The molecule has 0 unspecified atom stereocenters. The first-order chi connectivity index (χ1) is 12.2. The van der Waals surface area contributed by atoms with Gasteiger partial charge in [0.05, 0.1) is 6.54 Å². The van der Waals surface area contributed by atoms with Crippen molar-refractivity contribution < 1.29 is 14.4 Å². The van der Waals surface area contributed by atoms with Crippen LogP contribution in [0.4, 0.5) is 4.79 Å². The summed E-state index contributed by atoms with van der Waals surface area (Å²) in [5, 5.41) is 2.24. The van der Waals surface area contributed by atoms with Crippen molar-refractivity contribution in [3.05, 3.63) is 24.3 Å². The molecule has 0 radical (unpaired) electrons. The van der Waals surface area contributed by atoms with Gasteiger partial charge >= 0.3 is 6.09 Å². The van der Waals surface area contributed by atoms with E-state index in [0.717, 1.165) is 12.8 Å². The van der Waals surface area contributed by atoms with E-state index < -0.39 is 6.09 Å². The normalized spacial score (nSPS) is 11.3. The van der Waals surface area contributed by atoms with Crippen LogP contribution < -0.4 is 11.2 Å². The molecule has 0 fully saturated rings. The minimum absolute atomic E-state index is 0.0847. The molecule has 5 heteroatoms. The monoisotopic (exact) mass is 352 g/mol. The predicted molar refractivity (Wildman–Crippen MR) is 103 cm³/mol. The second-order valence-electron chi connectivity index (χ2n) is 6.29. The molecule has 0 rings (SSSR count). The van der Waals surface area contributed by atoms with Gasteiger partial charge < -0.3 is 10.2 Å². The number of carbonyl (C=O) groups excluding carboxylic acids is 2. The summed E-state index contributed by atoms with van der Waals surface area (Å²) in [7, 11) is 0. The van der Waals surface area contributed by atoms with E-state index >= 15 is 0 Å². The van der Waals surface area contributed by atoms with Gasteiger partial charge in [-0.05, 0) is 44.6 Å². The predicted octanol–water partition coefficient (Wildman–Crippen LogP) is 4.97. The number of carbonyl (C=O) groups is 2. The Bertz CT molecular complexity index is 392. The summed E-state index contributed by atoms with van der Waals surface area (Å²) in [4.78, 5) is 26.0. The van der Waals surface area contributed by atoms with Crippen LogP contribution in [0, 0.1) is 0 Å². The molecule has 1 amide bonds. The number of nitrogens with two attached hydrogens (primary N) is 1. The average molecular weight is 353 g/mol. The minimum Gasteiger partial charge on any atom is -0.357 e. The van der Waals surface area contributed by atoms with Gasteiger partial charge in [0.15, 0.2) is 5.78 Å². The Hall–Kier alpha value is -1.62. The number of rotatable bonds is 16. The molecule has 0 bridgehead atoms. The van der Waals surface area contributed by atoms with Gasteiger partial charge in [0, 0.05) is 0 Å². The minimum atomic E-state index is -0.798. The first-order valence-electron chi connectivity index (χ1n) is 9.69. The van der Waals surface area contributed by atoms with Gasteiger partial charge in [0.2, 0.25) is 0 Å². The van der Waals surface area contributed by atoms with Crippen molar-refractivity contribution in [2.75, 3.05) is 6.54 Å². The molecule has 0 aromatic rings. The second-order valence-corrected chi connectivity index (χ2v) is 6.29. The van der Waals surface area contributed by atoms with Gasteiger partial charge in [-0.15, -0.1) is 0 Å².